The first-order valence-corrected chi connectivity index (χ1v) is 8.19. The van der Waals surface area contributed by atoms with Crippen LogP contribution in [0.3, 0.4) is 0 Å². The molecule has 5 heteroatoms. The largest absolute Gasteiger partial charge is 0.495 e. The summed E-state index contributed by atoms with van der Waals surface area (Å²) in [6.07, 6.45) is 5.77. The Hall–Kier alpha value is -2.06. The molecule has 1 aromatic carbocycles. The average Bonchev–Trinajstić information content (AvgIpc) is 2.81. The lowest BCUT2D eigenvalue weighted by atomic mass is 9.92. The lowest BCUT2D eigenvalue weighted by Crippen LogP contribution is -2.45. The van der Waals surface area contributed by atoms with E-state index < -0.39 is 5.60 Å². The summed E-state index contributed by atoms with van der Waals surface area (Å²) in [5, 5.41) is 12.1. The summed E-state index contributed by atoms with van der Waals surface area (Å²) in [5.74, 6) is 0.384. The highest BCUT2D eigenvalue weighted by Crippen LogP contribution is 2.32. The molecule has 0 saturated heterocycles. The molecule has 0 bridgehead atoms. The standard InChI is InChI=1S/C18H24N2O3/c1-3-23-18(10-6-4-5-7-11-18)17(21)20-15-8-9-16(22-2)14(12-15)13-19/h8-9,12H,3-7,10-11H2,1-2H3,(H,20,21). The van der Waals surface area contributed by atoms with Crippen molar-refractivity contribution in [3.8, 4) is 11.8 Å². The fraction of sp³-hybridized carbons (Fsp3) is 0.556. The molecule has 1 aliphatic rings. The van der Waals surface area contributed by atoms with Gasteiger partial charge < -0.3 is 14.8 Å². The van der Waals surface area contributed by atoms with Crippen LogP contribution in [0.1, 0.15) is 51.0 Å². The molecule has 124 valence electrons. The van der Waals surface area contributed by atoms with Crippen molar-refractivity contribution >= 4 is 11.6 Å². The number of methoxy groups -OCH3 is 1. The molecule has 0 unspecified atom stereocenters. The van der Waals surface area contributed by atoms with Crippen molar-refractivity contribution in [1.29, 1.82) is 5.26 Å². The molecule has 1 N–H and O–H groups in total. The molecule has 1 aliphatic carbocycles. The highest BCUT2D eigenvalue weighted by Gasteiger charge is 2.39. The van der Waals surface area contributed by atoms with Gasteiger partial charge in [-0.2, -0.15) is 5.26 Å². The van der Waals surface area contributed by atoms with Crippen molar-refractivity contribution in [2.45, 2.75) is 51.0 Å². The van der Waals surface area contributed by atoms with Crippen molar-refractivity contribution in [3.05, 3.63) is 23.8 Å². The van der Waals surface area contributed by atoms with Crippen molar-refractivity contribution < 1.29 is 14.3 Å². The first kappa shape index (κ1) is 17.3. The predicted octanol–water partition coefficient (Wildman–Crippen LogP) is 3.63. The summed E-state index contributed by atoms with van der Waals surface area (Å²) < 4.78 is 11.0. The van der Waals surface area contributed by atoms with Crippen molar-refractivity contribution in [3.63, 3.8) is 0 Å². The molecule has 1 amide bonds. The molecule has 1 saturated carbocycles. The van der Waals surface area contributed by atoms with Crippen LogP contribution in [0.5, 0.6) is 5.75 Å². The second kappa shape index (κ2) is 7.98. The van der Waals surface area contributed by atoms with E-state index in [9.17, 15) is 4.79 Å². The molecule has 23 heavy (non-hydrogen) atoms. The zero-order valence-corrected chi connectivity index (χ0v) is 13.9. The molecule has 0 spiro atoms. The van der Waals surface area contributed by atoms with Gasteiger partial charge in [-0.3, -0.25) is 4.79 Å². The third-order valence-corrected chi connectivity index (χ3v) is 4.32. The highest BCUT2D eigenvalue weighted by atomic mass is 16.5. The third kappa shape index (κ3) is 4.02. The number of nitrogens with zero attached hydrogens (tertiary/aromatic N) is 1. The number of carbonyl (C=O) groups excluding carboxylic acids is 1. The van der Waals surface area contributed by atoms with E-state index in [1.807, 2.05) is 6.92 Å². The molecular weight excluding hydrogens is 292 g/mol. The summed E-state index contributed by atoms with van der Waals surface area (Å²) in [6, 6.07) is 7.14. The zero-order chi connectivity index (χ0) is 16.7. The lowest BCUT2D eigenvalue weighted by Gasteiger charge is -2.31. The van der Waals surface area contributed by atoms with Crippen LogP contribution in [0.15, 0.2) is 18.2 Å². The molecule has 1 aromatic rings. The minimum atomic E-state index is -0.752. The van der Waals surface area contributed by atoms with Gasteiger partial charge in [0.05, 0.1) is 12.7 Å². The number of anilines is 1. The van der Waals surface area contributed by atoms with Crippen LogP contribution in [-0.2, 0) is 9.53 Å². The molecule has 0 atom stereocenters. The van der Waals surface area contributed by atoms with Gasteiger partial charge in [-0.15, -0.1) is 0 Å². The Morgan fingerprint density at radius 2 is 2.00 bits per heavy atom. The summed E-state index contributed by atoms with van der Waals surface area (Å²) >= 11 is 0. The van der Waals surface area contributed by atoms with E-state index in [0.29, 0.717) is 23.6 Å². The second-order valence-electron chi connectivity index (χ2n) is 5.82. The number of hydrogen-bond donors (Lipinski definition) is 1. The molecule has 5 nitrogen and oxygen atoms in total. The van der Waals surface area contributed by atoms with Gasteiger partial charge in [0.1, 0.15) is 17.4 Å². The second-order valence-corrected chi connectivity index (χ2v) is 5.82. The zero-order valence-electron chi connectivity index (χ0n) is 13.9. The van der Waals surface area contributed by atoms with Gasteiger partial charge in [-0.1, -0.05) is 25.7 Å². The number of hydrogen-bond acceptors (Lipinski definition) is 4. The van der Waals surface area contributed by atoms with E-state index in [0.717, 1.165) is 38.5 Å². The molecule has 2 rings (SSSR count). The molecule has 0 heterocycles. The summed E-state index contributed by atoms with van der Waals surface area (Å²) in [4.78, 5) is 12.8. The Balaban J connectivity index is 2.20. The molecule has 1 fully saturated rings. The SMILES string of the molecule is CCOC1(C(=O)Nc2ccc(OC)c(C#N)c2)CCCCCC1. The van der Waals surface area contributed by atoms with Crippen molar-refractivity contribution in [1.82, 2.24) is 0 Å². The van der Waals surface area contributed by atoms with E-state index in [1.165, 1.54) is 7.11 Å². The molecule has 0 radical (unpaired) electrons. The number of carbonyl (C=O) groups is 1. The Morgan fingerprint density at radius 3 is 2.57 bits per heavy atom. The van der Waals surface area contributed by atoms with Gasteiger partial charge in [0.25, 0.3) is 5.91 Å². The number of benzene rings is 1. The minimum Gasteiger partial charge on any atom is -0.495 e. The number of nitrogens with one attached hydrogen (secondary N) is 1. The quantitative estimate of drug-likeness (QED) is 0.842. The van der Waals surface area contributed by atoms with Crippen LogP contribution in [-0.4, -0.2) is 25.2 Å². The van der Waals surface area contributed by atoms with E-state index in [2.05, 4.69) is 11.4 Å². The number of ether oxygens (including phenoxy) is 2. The smallest absolute Gasteiger partial charge is 0.256 e. The highest BCUT2D eigenvalue weighted by molar-refractivity contribution is 5.97. The summed E-state index contributed by atoms with van der Waals surface area (Å²) in [5.41, 5.74) is 0.241. The Kier molecular flexibility index (Phi) is 6.00. The van der Waals surface area contributed by atoms with Gasteiger partial charge >= 0.3 is 0 Å². The Morgan fingerprint density at radius 1 is 1.30 bits per heavy atom. The van der Waals surface area contributed by atoms with Crippen LogP contribution in [0, 0.1) is 11.3 Å². The Labute approximate surface area is 137 Å². The van der Waals surface area contributed by atoms with Crippen LogP contribution >= 0.6 is 0 Å². The van der Waals surface area contributed by atoms with Crippen molar-refractivity contribution in [2.75, 3.05) is 19.0 Å². The Bertz CT molecular complexity index is 584. The number of rotatable bonds is 5. The maximum atomic E-state index is 12.8. The number of nitriles is 1. The van der Waals surface area contributed by atoms with E-state index in [4.69, 9.17) is 14.7 Å². The maximum absolute atomic E-state index is 12.8. The van der Waals surface area contributed by atoms with Crippen LogP contribution < -0.4 is 10.1 Å². The van der Waals surface area contributed by atoms with E-state index in [1.54, 1.807) is 18.2 Å². The van der Waals surface area contributed by atoms with Crippen LogP contribution in [0.25, 0.3) is 0 Å². The molecule has 0 aliphatic heterocycles. The van der Waals surface area contributed by atoms with Gasteiger partial charge in [0, 0.05) is 12.3 Å². The monoisotopic (exact) mass is 316 g/mol. The normalized spacial score (nSPS) is 16.9. The van der Waals surface area contributed by atoms with Gasteiger partial charge in [-0.25, -0.2) is 0 Å². The third-order valence-electron chi connectivity index (χ3n) is 4.32. The van der Waals surface area contributed by atoms with Gasteiger partial charge in [-0.05, 0) is 38.0 Å². The van der Waals surface area contributed by atoms with Crippen LogP contribution in [0.4, 0.5) is 5.69 Å². The predicted molar refractivity (Wildman–Crippen MR) is 88.4 cm³/mol. The van der Waals surface area contributed by atoms with Crippen LogP contribution in [0.2, 0.25) is 0 Å². The average molecular weight is 316 g/mol. The minimum absolute atomic E-state index is 0.115. The fourth-order valence-electron chi connectivity index (χ4n) is 3.13. The fourth-order valence-corrected chi connectivity index (χ4v) is 3.13. The molecule has 0 aromatic heterocycles. The summed E-state index contributed by atoms with van der Waals surface area (Å²) in [7, 11) is 1.52. The van der Waals surface area contributed by atoms with Crippen molar-refractivity contribution in [2.24, 2.45) is 0 Å². The number of amides is 1. The van der Waals surface area contributed by atoms with Gasteiger partial charge in [0.2, 0.25) is 0 Å². The van der Waals surface area contributed by atoms with E-state index in [-0.39, 0.29) is 5.91 Å². The summed E-state index contributed by atoms with van der Waals surface area (Å²) in [6.45, 7) is 2.43. The maximum Gasteiger partial charge on any atom is 0.256 e. The van der Waals surface area contributed by atoms with E-state index >= 15 is 0 Å². The first-order valence-electron chi connectivity index (χ1n) is 8.19. The lowest BCUT2D eigenvalue weighted by molar-refractivity contribution is -0.143. The first-order chi connectivity index (χ1) is 11.1. The molecular formula is C18H24N2O3. The van der Waals surface area contributed by atoms with Gasteiger partial charge in [0.15, 0.2) is 0 Å². The topological polar surface area (TPSA) is 71.3 Å².